The van der Waals surface area contributed by atoms with Crippen LogP contribution >= 0.6 is 11.3 Å². The van der Waals surface area contributed by atoms with Gasteiger partial charge in [-0.3, -0.25) is 4.98 Å². The fourth-order valence-corrected chi connectivity index (χ4v) is 3.27. The molecular formula is C14H19N3S. The highest BCUT2D eigenvalue weighted by Gasteiger charge is 2.25. The van der Waals surface area contributed by atoms with E-state index in [1.165, 1.54) is 4.88 Å². The Hall–Kier alpha value is -1.26. The Kier molecular flexibility index (Phi) is 3.78. The standard InChI is InChI=1S/C14H19N3S/c1-10-12(14(2,3)7-8-15)18-13(17-10)11-6-4-5-9-16-11/h4-6,9H,7-8,15H2,1-3H3. The van der Waals surface area contributed by atoms with Gasteiger partial charge in [0.2, 0.25) is 0 Å². The van der Waals surface area contributed by atoms with Crippen LogP contribution in [0.2, 0.25) is 0 Å². The van der Waals surface area contributed by atoms with E-state index in [1.54, 1.807) is 17.5 Å². The zero-order valence-electron chi connectivity index (χ0n) is 11.1. The molecule has 0 saturated carbocycles. The van der Waals surface area contributed by atoms with Crippen LogP contribution in [0.5, 0.6) is 0 Å². The first-order valence-corrected chi connectivity index (χ1v) is 6.95. The second-order valence-electron chi connectivity index (χ2n) is 5.07. The molecule has 96 valence electrons. The van der Waals surface area contributed by atoms with E-state index in [9.17, 15) is 0 Å². The van der Waals surface area contributed by atoms with Crippen LogP contribution in [0.4, 0.5) is 0 Å². The highest BCUT2D eigenvalue weighted by molar-refractivity contribution is 7.15. The van der Waals surface area contributed by atoms with Gasteiger partial charge in [-0.1, -0.05) is 19.9 Å². The molecule has 0 atom stereocenters. The molecule has 0 aliphatic heterocycles. The first kappa shape index (κ1) is 13.2. The third-order valence-electron chi connectivity index (χ3n) is 3.06. The number of rotatable bonds is 4. The summed E-state index contributed by atoms with van der Waals surface area (Å²) in [6.07, 6.45) is 2.77. The zero-order chi connectivity index (χ0) is 13.2. The van der Waals surface area contributed by atoms with Gasteiger partial charge in [0, 0.05) is 16.5 Å². The third kappa shape index (κ3) is 2.60. The molecule has 2 rings (SSSR count). The third-order valence-corrected chi connectivity index (χ3v) is 4.61. The van der Waals surface area contributed by atoms with Crippen molar-refractivity contribution in [2.45, 2.75) is 32.6 Å². The predicted octanol–water partition coefficient (Wildman–Crippen LogP) is 3.14. The molecule has 2 N–H and O–H groups in total. The van der Waals surface area contributed by atoms with Crippen LogP contribution in [-0.4, -0.2) is 16.5 Å². The van der Waals surface area contributed by atoms with Gasteiger partial charge in [0.1, 0.15) is 5.01 Å². The van der Waals surface area contributed by atoms with Gasteiger partial charge in [-0.2, -0.15) is 0 Å². The molecule has 3 nitrogen and oxygen atoms in total. The molecule has 2 aromatic rings. The normalized spacial score (nSPS) is 11.8. The van der Waals surface area contributed by atoms with Gasteiger partial charge in [0.15, 0.2) is 0 Å². The van der Waals surface area contributed by atoms with Gasteiger partial charge in [0.05, 0.1) is 11.4 Å². The van der Waals surface area contributed by atoms with Crippen LogP contribution in [0.15, 0.2) is 24.4 Å². The Morgan fingerprint density at radius 1 is 1.33 bits per heavy atom. The number of thiazole rings is 1. The Labute approximate surface area is 112 Å². The average Bonchev–Trinajstić information content (AvgIpc) is 2.73. The quantitative estimate of drug-likeness (QED) is 0.920. The minimum Gasteiger partial charge on any atom is -0.330 e. The van der Waals surface area contributed by atoms with Crippen LogP contribution in [-0.2, 0) is 5.41 Å². The fraction of sp³-hybridized carbons (Fsp3) is 0.429. The van der Waals surface area contributed by atoms with Crippen molar-refractivity contribution in [2.24, 2.45) is 5.73 Å². The first-order valence-electron chi connectivity index (χ1n) is 6.14. The Morgan fingerprint density at radius 3 is 2.72 bits per heavy atom. The van der Waals surface area contributed by atoms with E-state index in [2.05, 4.69) is 30.7 Å². The maximum absolute atomic E-state index is 5.69. The van der Waals surface area contributed by atoms with Gasteiger partial charge in [-0.25, -0.2) is 4.98 Å². The minimum atomic E-state index is 0.0868. The fourth-order valence-electron chi connectivity index (χ4n) is 2.10. The highest BCUT2D eigenvalue weighted by atomic mass is 32.1. The molecule has 0 saturated heterocycles. The van der Waals surface area contributed by atoms with Crippen LogP contribution in [0.1, 0.15) is 30.8 Å². The summed E-state index contributed by atoms with van der Waals surface area (Å²) in [5.74, 6) is 0. The largest absolute Gasteiger partial charge is 0.330 e. The van der Waals surface area contributed by atoms with Crippen molar-refractivity contribution < 1.29 is 0 Å². The SMILES string of the molecule is Cc1nc(-c2ccccn2)sc1C(C)(C)CCN. The van der Waals surface area contributed by atoms with Gasteiger partial charge in [0.25, 0.3) is 0 Å². The first-order chi connectivity index (χ1) is 8.54. The van der Waals surface area contributed by atoms with Crippen LogP contribution in [0.3, 0.4) is 0 Å². The van der Waals surface area contributed by atoms with Crippen molar-refractivity contribution in [1.29, 1.82) is 0 Å². The van der Waals surface area contributed by atoms with Crippen molar-refractivity contribution in [2.75, 3.05) is 6.54 Å². The molecule has 0 aliphatic carbocycles. The topological polar surface area (TPSA) is 51.8 Å². The maximum Gasteiger partial charge on any atom is 0.142 e. The van der Waals surface area contributed by atoms with Crippen molar-refractivity contribution in [3.8, 4) is 10.7 Å². The smallest absolute Gasteiger partial charge is 0.142 e. The summed E-state index contributed by atoms with van der Waals surface area (Å²) in [6.45, 7) is 7.21. The monoisotopic (exact) mass is 261 g/mol. The number of aromatic nitrogens is 2. The lowest BCUT2D eigenvalue weighted by Crippen LogP contribution is -2.21. The molecule has 0 unspecified atom stereocenters. The molecular weight excluding hydrogens is 242 g/mol. The van der Waals surface area contributed by atoms with E-state index < -0.39 is 0 Å². The molecule has 0 amide bonds. The number of aryl methyl sites for hydroxylation is 1. The summed E-state index contributed by atoms with van der Waals surface area (Å²) in [4.78, 5) is 10.3. The van der Waals surface area contributed by atoms with Crippen LogP contribution in [0.25, 0.3) is 10.7 Å². The predicted molar refractivity (Wildman–Crippen MR) is 76.8 cm³/mol. The Balaban J connectivity index is 2.39. The van der Waals surface area contributed by atoms with E-state index >= 15 is 0 Å². The van der Waals surface area contributed by atoms with Crippen molar-refractivity contribution in [3.05, 3.63) is 35.0 Å². The number of hydrogen-bond donors (Lipinski definition) is 1. The second-order valence-corrected chi connectivity index (χ2v) is 6.07. The average molecular weight is 261 g/mol. The maximum atomic E-state index is 5.69. The van der Waals surface area contributed by atoms with Crippen molar-refractivity contribution in [3.63, 3.8) is 0 Å². The molecule has 0 radical (unpaired) electrons. The molecule has 0 aliphatic rings. The van der Waals surface area contributed by atoms with Crippen LogP contribution < -0.4 is 5.73 Å². The van der Waals surface area contributed by atoms with Crippen molar-refractivity contribution in [1.82, 2.24) is 9.97 Å². The van der Waals surface area contributed by atoms with Gasteiger partial charge < -0.3 is 5.73 Å². The molecule has 4 heteroatoms. The molecule has 2 aromatic heterocycles. The summed E-state index contributed by atoms with van der Waals surface area (Å²) >= 11 is 1.73. The lowest BCUT2D eigenvalue weighted by molar-refractivity contribution is 0.494. The number of pyridine rings is 1. The van der Waals surface area contributed by atoms with E-state index in [0.29, 0.717) is 6.54 Å². The second kappa shape index (κ2) is 5.16. The lowest BCUT2D eigenvalue weighted by atomic mass is 9.87. The van der Waals surface area contributed by atoms with Crippen molar-refractivity contribution >= 4 is 11.3 Å². The van der Waals surface area contributed by atoms with Crippen LogP contribution in [0, 0.1) is 6.92 Å². The van der Waals surface area contributed by atoms with E-state index in [0.717, 1.165) is 22.8 Å². The molecule has 0 fully saturated rings. The summed E-state index contributed by atoms with van der Waals surface area (Å²) in [7, 11) is 0. The lowest BCUT2D eigenvalue weighted by Gasteiger charge is -2.22. The van der Waals surface area contributed by atoms with E-state index in [1.807, 2.05) is 18.2 Å². The number of hydrogen-bond acceptors (Lipinski definition) is 4. The molecule has 0 bridgehead atoms. The molecule has 0 spiro atoms. The zero-order valence-corrected chi connectivity index (χ0v) is 11.9. The van der Waals surface area contributed by atoms with Gasteiger partial charge >= 0.3 is 0 Å². The number of nitrogens with zero attached hydrogens (tertiary/aromatic N) is 2. The highest BCUT2D eigenvalue weighted by Crippen LogP contribution is 2.36. The number of nitrogens with two attached hydrogens (primary N) is 1. The summed E-state index contributed by atoms with van der Waals surface area (Å²) < 4.78 is 0. The minimum absolute atomic E-state index is 0.0868. The summed E-state index contributed by atoms with van der Waals surface area (Å²) in [5, 5.41) is 0.994. The Morgan fingerprint density at radius 2 is 2.11 bits per heavy atom. The molecule has 0 aromatic carbocycles. The van der Waals surface area contributed by atoms with Gasteiger partial charge in [-0.15, -0.1) is 11.3 Å². The molecule has 18 heavy (non-hydrogen) atoms. The summed E-state index contributed by atoms with van der Waals surface area (Å²) in [6, 6.07) is 5.91. The molecule has 2 heterocycles. The summed E-state index contributed by atoms with van der Waals surface area (Å²) in [5.41, 5.74) is 7.82. The van der Waals surface area contributed by atoms with E-state index in [4.69, 9.17) is 5.73 Å². The Bertz CT molecular complexity index is 517. The van der Waals surface area contributed by atoms with E-state index in [-0.39, 0.29) is 5.41 Å². The van der Waals surface area contributed by atoms with Gasteiger partial charge in [-0.05, 0) is 32.0 Å².